The van der Waals surface area contributed by atoms with Gasteiger partial charge in [-0.05, 0) is 43.5 Å². The number of carbonyl (C=O) groups is 3. The number of aryl methyl sites for hydroxylation is 1. The van der Waals surface area contributed by atoms with E-state index in [2.05, 4.69) is 10.6 Å². The third-order valence-corrected chi connectivity index (χ3v) is 6.38. The lowest BCUT2D eigenvalue weighted by atomic mass is 9.93. The Labute approximate surface area is 198 Å². The van der Waals surface area contributed by atoms with Gasteiger partial charge in [-0.2, -0.15) is 0 Å². The summed E-state index contributed by atoms with van der Waals surface area (Å²) >= 11 is 0. The number of nitrogens with zero attached hydrogens (tertiary/aromatic N) is 3. The number of piperazine rings is 1. The predicted octanol–water partition coefficient (Wildman–Crippen LogP) is 2.28. The van der Waals surface area contributed by atoms with Crippen molar-refractivity contribution in [2.75, 3.05) is 44.7 Å². The van der Waals surface area contributed by atoms with E-state index in [0.29, 0.717) is 44.7 Å². The number of rotatable bonds is 8. The van der Waals surface area contributed by atoms with Crippen molar-refractivity contribution < 1.29 is 18.8 Å². The van der Waals surface area contributed by atoms with Crippen LogP contribution in [-0.2, 0) is 16.0 Å². The van der Waals surface area contributed by atoms with E-state index in [9.17, 15) is 18.8 Å². The molecule has 2 aromatic carbocycles. The fraction of sp³-hybridized carbons (Fsp3) is 0.400. The Morgan fingerprint density at radius 1 is 1.03 bits per heavy atom. The Morgan fingerprint density at radius 2 is 1.74 bits per heavy atom. The van der Waals surface area contributed by atoms with E-state index in [0.717, 1.165) is 5.56 Å². The third-order valence-electron chi connectivity index (χ3n) is 6.38. The number of imide groups is 1. The molecule has 2 N–H and O–H groups in total. The zero-order valence-corrected chi connectivity index (χ0v) is 19.3. The van der Waals surface area contributed by atoms with Crippen LogP contribution < -0.4 is 10.6 Å². The van der Waals surface area contributed by atoms with Gasteiger partial charge in [0, 0.05) is 31.9 Å². The summed E-state index contributed by atoms with van der Waals surface area (Å²) in [5.41, 5.74) is 0.642. The van der Waals surface area contributed by atoms with Gasteiger partial charge in [0.15, 0.2) is 0 Å². The summed E-state index contributed by atoms with van der Waals surface area (Å²) in [6, 6.07) is 15.3. The van der Waals surface area contributed by atoms with E-state index in [1.165, 1.54) is 17.0 Å². The van der Waals surface area contributed by atoms with Crippen LogP contribution in [0.15, 0.2) is 54.6 Å². The maximum absolute atomic E-state index is 13.3. The van der Waals surface area contributed by atoms with Crippen molar-refractivity contribution in [3.05, 3.63) is 66.0 Å². The Bertz CT molecular complexity index is 1040. The summed E-state index contributed by atoms with van der Waals surface area (Å²) in [4.78, 5) is 43.2. The first kappa shape index (κ1) is 23.8. The van der Waals surface area contributed by atoms with Crippen LogP contribution in [0.2, 0.25) is 0 Å². The summed E-state index contributed by atoms with van der Waals surface area (Å²) in [5, 5.41) is 5.58. The van der Waals surface area contributed by atoms with Crippen molar-refractivity contribution in [2.45, 2.75) is 25.3 Å². The van der Waals surface area contributed by atoms with E-state index >= 15 is 0 Å². The van der Waals surface area contributed by atoms with Gasteiger partial charge in [-0.1, -0.05) is 36.4 Å². The van der Waals surface area contributed by atoms with Crippen LogP contribution in [0, 0.1) is 5.82 Å². The number of carbonyl (C=O) groups excluding carboxylic acids is 3. The zero-order chi connectivity index (χ0) is 24.1. The third kappa shape index (κ3) is 5.78. The van der Waals surface area contributed by atoms with E-state index < -0.39 is 11.4 Å². The molecule has 9 heteroatoms. The molecule has 2 aliphatic heterocycles. The quantitative estimate of drug-likeness (QED) is 0.582. The van der Waals surface area contributed by atoms with E-state index in [1.807, 2.05) is 40.1 Å². The number of hydrogen-bond donors (Lipinski definition) is 2. The van der Waals surface area contributed by atoms with Crippen LogP contribution in [0.4, 0.5) is 14.9 Å². The maximum Gasteiger partial charge on any atom is 0.326 e. The first-order chi connectivity index (χ1) is 16.3. The van der Waals surface area contributed by atoms with Crippen LogP contribution in [0.3, 0.4) is 0 Å². The Hall–Kier alpha value is -3.30. The largest absolute Gasteiger partial charge is 0.326 e. The van der Waals surface area contributed by atoms with Crippen molar-refractivity contribution in [3.63, 3.8) is 0 Å². The van der Waals surface area contributed by atoms with Crippen LogP contribution >= 0.6 is 0 Å². The smallest absolute Gasteiger partial charge is 0.325 e. The second-order valence-corrected chi connectivity index (χ2v) is 9.08. The highest BCUT2D eigenvalue weighted by molar-refractivity contribution is 6.06. The van der Waals surface area contributed by atoms with Gasteiger partial charge in [0.05, 0.1) is 13.2 Å². The van der Waals surface area contributed by atoms with Gasteiger partial charge in [0.1, 0.15) is 11.4 Å². The fourth-order valence-electron chi connectivity index (χ4n) is 4.34. The average molecular weight is 468 g/mol. The molecule has 4 rings (SSSR count). The molecular formula is C25H30FN5O3. The van der Waals surface area contributed by atoms with Crippen LogP contribution in [0.25, 0.3) is 0 Å². The Morgan fingerprint density at radius 3 is 2.44 bits per heavy atom. The Kier molecular flexibility index (Phi) is 7.23. The topological polar surface area (TPSA) is 85.0 Å². The molecule has 0 bridgehead atoms. The highest BCUT2D eigenvalue weighted by Crippen LogP contribution is 2.24. The van der Waals surface area contributed by atoms with Gasteiger partial charge in [-0.25, -0.2) is 14.1 Å². The highest BCUT2D eigenvalue weighted by atomic mass is 19.1. The lowest BCUT2D eigenvalue weighted by Gasteiger charge is -2.35. The molecule has 1 unspecified atom stereocenters. The molecule has 180 valence electrons. The zero-order valence-electron chi connectivity index (χ0n) is 19.3. The summed E-state index contributed by atoms with van der Waals surface area (Å²) < 4.78 is 13.3. The van der Waals surface area contributed by atoms with Crippen molar-refractivity contribution in [2.24, 2.45) is 0 Å². The number of anilines is 1. The van der Waals surface area contributed by atoms with Crippen LogP contribution in [0.1, 0.15) is 18.9 Å². The van der Waals surface area contributed by atoms with Gasteiger partial charge >= 0.3 is 6.03 Å². The predicted molar refractivity (Wildman–Crippen MR) is 126 cm³/mol. The van der Waals surface area contributed by atoms with Crippen molar-refractivity contribution in [1.82, 2.24) is 20.0 Å². The average Bonchev–Trinajstić information content (AvgIpc) is 3.03. The summed E-state index contributed by atoms with van der Waals surface area (Å²) in [6.07, 6.45) is 1.24. The molecule has 1 atom stereocenters. The minimum absolute atomic E-state index is 0.199. The van der Waals surface area contributed by atoms with Crippen LogP contribution in [0.5, 0.6) is 0 Å². The molecule has 2 heterocycles. The van der Waals surface area contributed by atoms with E-state index in [1.54, 1.807) is 19.1 Å². The molecule has 0 aliphatic carbocycles. The van der Waals surface area contributed by atoms with Crippen molar-refractivity contribution >= 4 is 23.5 Å². The minimum atomic E-state index is -0.913. The normalized spacial score (nSPS) is 21.5. The first-order valence-electron chi connectivity index (χ1n) is 11.5. The summed E-state index contributed by atoms with van der Waals surface area (Å²) in [6.45, 7) is 4.73. The minimum Gasteiger partial charge on any atom is -0.325 e. The van der Waals surface area contributed by atoms with E-state index in [-0.39, 0.29) is 31.1 Å². The Balaban J connectivity index is 1.23. The molecule has 8 nitrogen and oxygen atoms in total. The molecule has 2 saturated heterocycles. The number of amides is 4. The molecule has 2 aromatic rings. The number of benzene rings is 2. The second-order valence-electron chi connectivity index (χ2n) is 9.08. The summed E-state index contributed by atoms with van der Waals surface area (Å²) in [5.74, 6) is -0.810. The van der Waals surface area contributed by atoms with Gasteiger partial charge in [0.25, 0.3) is 5.91 Å². The van der Waals surface area contributed by atoms with Crippen molar-refractivity contribution in [3.8, 4) is 0 Å². The number of nitrogens with one attached hydrogen (secondary N) is 2. The molecule has 0 aromatic heterocycles. The lowest BCUT2D eigenvalue weighted by Crippen LogP contribution is -2.52. The standard InChI is InChI=1S/C25H30FN5O3/c1-25(11-10-19-6-3-2-4-7-19)23(33)31(24(34)28-25)18-30-14-12-29(13-15-30)17-22(32)27-21-9-5-8-20(26)16-21/h2-9,16H,10-15,17-18H2,1H3,(H,27,32)(H,28,34). The van der Waals surface area contributed by atoms with Gasteiger partial charge < -0.3 is 10.6 Å². The second kappa shape index (κ2) is 10.3. The molecule has 4 amide bonds. The molecule has 0 radical (unpaired) electrons. The number of halogens is 1. The SMILES string of the molecule is CC1(CCc2ccccc2)NC(=O)N(CN2CCN(CC(=O)Nc3cccc(F)c3)CC2)C1=O. The molecular weight excluding hydrogens is 437 g/mol. The van der Waals surface area contributed by atoms with Crippen LogP contribution in [-0.4, -0.2) is 77.5 Å². The fourth-order valence-corrected chi connectivity index (χ4v) is 4.34. The van der Waals surface area contributed by atoms with E-state index in [4.69, 9.17) is 0 Å². The van der Waals surface area contributed by atoms with Crippen molar-refractivity contribution in [1.29, 1.82) is 0 Å². The number of hydrogen-bond acceptors (Lipinski definition) is 5. The summed E-state index contributed by atoms with van der Waals surface area (Å²) in [7, 11) is 0. The monoisotopic (exact) mass is 467 g/mol. The lowest BCUT2D eigenvalue weighted by molar-refractivity contribution is -0.132. The first-order valence-corrected chi connectivity index (χ1v) is 11.5. The molecule has 2 fully saturated rings. The van der Waals surface area contributed by atoms with Gasteiger partial charge in [-0.3, -0.25) is 19.4 Å². The number of urea groups is 1. The highest BCUT2D eigenvalue weighted by Gasteiger charge is 2.47. The molecule has 0 saturated carbocycles. The molecule has 0 spiro atoms. The molecule has 2 aliphatic rings. The molecule has 34 heavy (non-hydrogen) atoms. The van der Waals surface area contributed by atoms with Gasteiger partial charge in [0.2, 0.25) is 5.91 Å². The maximum atomic E-state index is 13.3. The van der Waals surface area contributed by atoms with Gasteiger partial charge in [-0.15, -0.1) is 0 Å².